The summed E-state index contributed by atoms with van der Waals surface area (Å²) in [7, 11) is 2.20. The smallest absolute Gasteiger partial charge is 0.0454 e. The third-order valence-electron chi connectivity index (χ3n) is 3.47. The first-order valence-corrected chi connectivity index (χ1v) is 6.07. The minimum atomic E-state index is 0.499. The number of aryl methyl sites for hydroxylation is 3. The van der Waals surface area contributed by atoms with Crippen molar-refractivity contribution in [3.05, 3.63) is 34.4 Å². The Kier molecular flexibility index (Phi) is 3.31. The van der Waals surface area contributed by atoms with Crippen molar-refractivity contribution in [1.82, 2.24) is 10.2 Å². The van der Waals surface area contributed by atoms with Crippen LogP contribution in [-0.4, -0.2) is 31.6 Å². The van der Waals surface area contributed by atoms with E-state index >= 15 is 0 Å². The molecule has 1 aromatic rings. The number of hydrogen-bond acceptors (Lipinski definition) is 2. The second-order valence-corrected chi connectivity index (χ2v) is 5.08. The molecule has 16 heavy (non-hydrogen) atoms. The highest BCUT2D eigenvalue weighted by Crippen LogP contribution is 2.25. The van der Waals surface area contributed by atoms with Crippen molar-refractivity contribution in [3.8, 4) is 0 Å². The molecular formula is C14H22N2. The number of nitrogens with zero attached hydrogens (tertiary/aromatic N) is 1. The van der Waals surface area contributed by atoms with Crippen LogP contribution in [-0.2, 0) is 0 Å². The molecule has 2 rings (SSSR count). The maximum atomic E-state index is 3.63. The van der Waals surface area contributed by atoms with E-state index < -0.39 is 0 Å². The summed E-state index contributed by atoms with van der Waals surface area (Å²) in [5.74, 6) is 0. The summed E-state index contributed by atoms with van der Waals surface area (Å²) in [5, 5.41) is 3.63. The monoisotopic (exact) mass is 218 g/mol. The van der Waals surface area contributed by atoms with Gasteiger partial charge in [0.2, 0.25) is 0 Å². The van der Waals surface area contributed by atoms with Crippen LogP contribution >= 0.6 is 0 Å². The summed E-state index contributed by atoms with van der Waals surface area (Å²) < 4.78 is 0. The molecule has 2 heteroatoms. The van der Waals surface area contributed by atoms with Gasteiger partial charge in [-0.15, -0.1) is 0 Å². The fraction of sp³-hybridized carbons (Fsp3) is 0.571. The summed E-state index contributed by atoms with van der Waals surface area (Å²) >= 11 is 0. The number of piperazine rings is 1. The Morgan fingerprint density at radius 1 is 1.19 bits per heavy atom. The number of hydrogen-bond donors (Lipinski definition) is 1. The molecule has 1 fully saturated rings. The van der Waals surface area contributed by atoms with Gasteiger partial charge in [-0.3, -0.25) is 0 Å². The van der Waals surface area contributed by atoms with E-state index in [1.54, 1.807) is 0 Å². The fourth-order valence-corrected chi connectivity index (χ4v) is 2.83. The summed E-state index contributed by atoms with van der Waals surface area (Å²) in [4.78, 5) is 2.40. The standard InChI is InChI=1S/C14H22N2/c1-10-7-11(2)14(12(3)8-10)13-9-16(4)6-5-15-13/h7-8,13,15H,5-6,9H2,1-4H3. The highest BCUT2D eigenvalue weighted by atomic mass is 15.2. The molecule has 88 valence electrons. The van der Waals surface area contributed by atoms with Crippen LogP contribution < -0.4 is 5.32 Å². The third kappa shape index (κ3) is 2.28. The van der Waals surface area contributed by atoms with Gasteiger partial charge in [-0.1, -0.05) is 17.7 Å². The van der Waals surface area contributed by atoms with Crippen molar-refractivity contribution in [1.29, 1.82) is 0 Å². The minimum absolute atomic E-state index is 0.499. The minimum Gasteiger partial charge on any atom is -0.308 e. The van der Waals surface area contributed by atoms with Crippen molar-refractivity contribution in [2.24, 2.45) is 0 Å². The van der Waals surface area contributed by atoms with Gasteiger partial charge < -0.3 is 10.2 Å². The van der Waals surface area contributed by atoms with E-state index in [2.05, 4.69) is 50.2 Å². The zero-order valence-corrected chi connectivity index (χ0v) is 10.8. The lowest BCUT2D eigenvalue weighted by atomic mass is 9.93. The topological polar surface area (TPSA) is 15.3 Å². The van der Waals surface area contributed by atoms with Crippen molar-refractivity contribution < 1.29 is 0 Å². The number of rotatable bonds is 1. The number of nitrogens with one attached hydrogen (secondary N) is 1. The highest BCUT2D eigenvalue weighted by molar-refractivity contribution is 5.40. The van der Waals surface area contributed by atoms with Crippen molar-refractivity contribution in [2.75, 3.05) is 26.7 Å². The maximum Gasteiger partial charge on any atom is 0.0454 e. The Hall–Kier alpha value is -0.860. The first kappa shape index (κ1) is 11.6. The second-order valence-electron chi connectivity index (χ2n) is 5.08. The molecule has 0 spiro atoms. The predicted molar refractivity (Wildman–Crippen MR) is 68.9 cm³/mol. The fourth-order valence-electron chi connectivity index (χ4n) is 2.83. The van der Waals surface area contributed by atoms with Crippen molar-refractivity contribution in [3.63, 3.8) is 0 Å². The average molecular weight is 218 g/mol. The maximum absolute atomic E-state index is 3.63. The van der Waals surface area contributed by atoms with E-state index in [0.29, 0.717) is 6.04 Å². The normalized spacial score (nSPS) is 22.4. The van der Waals surface area contributed by atoms with Gasteiger partial charge in [0.05, 0.1) is 0 Å². The predicted octanol–water partition coefficient (Wildman–Crippen LogP) is 2.19. The zero-order valence-electron chi connectivity index (χ0n) is 10.8. The Morgan fingerprint density at radius 2 is 1.81 bits per heavy atom. The van der Waals surface area contributed by atoms with Gasteiger partial charge in [-0.25, -0.2) is 0 Å². The van der Waals surface area contributed by atoms with E-state index in [1.165, 1.54) is 22.3 Å². The van der Waals surface area contributed by atoms with E-state index in [0.717, 1.165) is 19.6 Å². The van der Waals surface area contributed by atoms with Crippen molar-refractivity contribution >= 4 is 0 Å². The number of likely N-dealkylation sites (N-methyl/N-ethyl adjacent to an activating group) is 1. The average Bonchev–Trinajstić information content (AvgIpc) is 2.15. The van der Waals surface area contributed by atoms with Gasteiger partial charge in [0.1, 0.15) is 0 Å². The van der Waals surface area contributed by atoms with Gasteiger partial charge in [0, 0.05) is 25.7 Å². The van der Waals surface area contributed by atoms with E-state index in [4.69, 9.17) is 0 Å². The molecule has 1 aliphatic rings. The van der Waals surface area contributed by atoms with Gasteiger partial charge >= 0.3 is 0 Å². The van der Waals surface area contributed by atoms with Crippen LogP contribution in [0.15, 0.2) is 12.1 Å². The molecule has 1 aromatic carbocycles. The molecule has 1 heterocycles. The molecule has 0 aliphatic carbocycles. The first-order chi connectivity index (χ1) is 7.58. The third-order valence-corrected chi connectivity index (χ3v) is 3.47. The summed E-state index contributed by atoms with van der Waals surface area (Å²) in [6, 6.07) is 5.08. The van der Waals surface area contributed by atoms with Crippen LogP contribution in [0.3, 0.4) is 0 Å². The summed E-state index contributed by atoms with van der Waals surface area (Å²) in [5.41, 5.74) is 5.70. The van der Waals surface area contributed by atoms with Gasteiger partial charge in [-0.05, 0) is 44.5 Å². The van der Waals surface area contributed by atoms with Crippen LogP contribution in [0.5, 0.6) is 0 Å². The molecule has 1 aliphatic heterocycles. The van der Waals surface area contributed by atoms with Gasteiger partial charge in [0.25, 0.3) is 0 Å². The van der Waals surface area contributed by atoms with Gasteiger partial charge in [0.15, 0.2) is 0 Å². The van der Waals surface area contributed by atoms with Crippen LogP contribution in [0.2, 0.25) is 0 Å². The molecule has 0 bridgehead atoms. The Labute approximate surface area is 98.7 Å². The van der Waals surface area contributed by atoms with Crippen LogP contribution in [0.4, 0.5) is 0 Å². The van der Waals surface area contributed by atoms with Crippen molar-refractivity contribution in [2.45, 2.75) is 26.8 Å². The van der Waals surface area contributed by atoms with E-state index in [1.807, 2.05) is 0 Å². The zero-order chi connectivity index (χ0) is 11.7. The lowest BCUT2D eigenvalue weighted by Gasteiger charge is -2.33. The Bertz CT molecular complexity index is 361. The lowest BCUT2D eigenvalue weighted by Crippen LogP contribution is -2.44. The van der Waals surface area contributed by atoms with E-state index in [-0.39, 0.29) is 0 Å². The largest absolute Gasteiger partial charge is 0.308 e. The lowest BCUT2D eigenvalue weighted by molar-refractivity contribution is 0.240. The van der Waals surface area contributed by atoms with Crippen LogP contribution in [0.1, 0.15) is 28.3 Å². The molecule has 0 saturated carbocycles. The molecule has 1 unspecified atom stereocenters. The quantitative estimate of drug-likeness (QED) is 0.777. The SMILES string of the molecule is Cc1cc(C)c(C2CN(C)CCN2)c(C)c1. The molecule has 0 radical (unpaired) electrons. The molecule has 0 amide bonds. The molecule has 1 saturated heterocycles. The highest BCUT2D eigenvalue weighted by Gasteiger charge is 2.21. The second kappa shape index (κ2) is 4.56. The Morgan fingerprint density at radius 3 is 2.38 bits per heavy atom. The summed E-state index contributed by atoms with van der Waals surface area (Å²) in [6.07, 6.45) is 0. The molecular weight excluding hydrogens is 196 g/mol. The molecule has 2 nitrogen and oxygen atoms in total. The van der Waals surface area contributed by atoms with E-state index in [9.17, 15) is 0 Å². The Balaban J connectivity index is 2.32. The molecule has 1 N–H and O–H groups in total. The number of benzene rings is 1. The summed E-state index contributed by atoms with van der Waals surface area (Å²) in [6.45, 7) is 9.99. The van der Waals surface area contributed by atoms with Gasteiger partial charge in [-0.2, -0.15) is 0 Å². The molecule has 0 aromatic heterocycles. The van der Waals surface area contributed by atoms with Crippen LogP contribution in [0, 0.1) is 20.8 Å². The van der Waals surface area contributed by atoms with Crippen LogP contribution in [0.25, 0.3) is 0 Å². The first-order valence-electron chi connectivity index (χ1n) is 6.07. The molecule has 1 atom stereocenters.